The molecule has 32 heavy (non-hydrogen) atoms. The van der Waals surface area contributed by atoms with Gasteiger partial charge in [0.25, 0.3) is 5.91 Å². The second kappa shape index (κ2) is 12.0. The second-order valence-corrected chi connectivity index (χ2v) is 8.45. The Hall–Kier alpha value is -3.15. The van der Waals surface area contributed by atoms with Gasteiger partial charge in [-0.3, -0.25) is 14.4 Å². The lowest BCUT2D eigenvalue weighted by atomic mass is 9.96. The van der Waals surface area contributed by atoms with Gasteiger partial charge >= 0.3 is 5.97 Å². The molecule has 170 valence electrons. The van der Waals surface area contributed by atoms with E-state index in [4.69, 9.17) is 5.11 Å². The van der Waals surface area contributed by atoms with E-state index in [1.165, 1.54) is 19.3 Å². The summed E-state index contributed by atoms with van der Waals surface area (Å²) in [6.45, 7) is 0. The predicted octanol–water partition coefficient (Wildman–Crippen LogP) is 4.55. The summed E-state index contributed by atoms with van der Waals surface area (Å²) >= 11 is 0. The number of hydrogen-bond acceptors (Lipinski definition) is 3. The SMILES string of the molecule is O=C(O)CC[C@H](NC(=O)c1ccc(-c2ccccc2)cc1)C(=O)NC1CCCCCCC1. The number of rotatable bonds is 8. The summed E-state index contributed by atoms with van der Waals surface area (Å²) in [5.41, 5.74) is 2.48. The number of carboxylic acids is 1. The van der Waals surface area contributed by atoms with Crippen LogP contribution in [0.15, 0.2) is 54.6 Å². The molecule has 3 N–H and O–H groups in total. The number of benzene rings is 2. The third kappa shape index (κ3) is 7.22. The highest BCUT2D eigenvalue weighted by Crippen LogP contribution is 2.20. The highest BCUT2D eigenvalue weighted by molar-refractivity contribution is 5.98. The number of aliphatic carboxylic acids is 1. The van der Waals surface area contributed by atoms with Crippen molar-refractivity contribution in [2.45, 2.75) is 69.9 Å². The molecule has 0 spiro atoms. The molecular formula is C26H32N2O4. The van der Waals surface area contributed by atoms with Crippen LogP contribution in [0.1, 0.15) is 68.1 Å². The van der Waals surface area contributed by atoms with Crippen LogP contribution in [0.3, 0.4) is 0 Å². The lowest BCUT2D eigenvalue weighted by Crippen LogP contribution is -2.50. The minimum Gasteiger partial charge on any atom is -0.481 e. The summed E-state index contributed by atoms with van der Waals surface area (Å²) in [5.74, 6) is -1.67. The Labute approximate surface area is 189 Å². The van der Waals surface area contributed by atoms with Gasteiger partial charge in [0.15, 0.2) is 0 Å². The monoisotopic (exact) mass is 436 g/mol. The van der Waals surface area contributed by atoms with Gasteiger partial charge in [-0.05, 0) is 42.5 Å². The molecule has 6 nitrogen and oxygen atoms in total. The maximum atomic E-state index is 12.9. The zero-order chi connectivity index (χ0) is 22.8. The van der Waals surface area contributed by atoms with Crippen molar-refractivity contribution >= 4 is 17.8 Å². The van der Waals surface area contributed by atoms with Crippen LogP contribution < -0.4 is 10.6 Å². The first-order valence-electron chi connectivity index (χ1n) is 11.5. The molecule has 0 saturated heterocycles. The number of carbonyl (C=O) groups excluding carboxylic acids is 2. The van der Waals surface area contributed by atoms with Gasteiger partial charge in [-0.15, -0.1) is 0 Å². The van der Waals surface area contributed by atoms with Crippen LogP contribution in [-0.4, -0.2) is 35.0 Å². The average Bonchev–Trinajstić information content (AvgIpc) is 2.78. The van der Waals surface area contributed by atoms with Gasteiger partial charge in [0.2, 0.25) is 5.91 Å². The standard InChI is InChI=1S/C26H32N2O4/c29-24(30)18-17-23(26(32)27-22-11-7-2-1-3-8-12-22)28-25(31)21-15-13-20(14-16-21)19-9-5-4-6-10-19/h4-6,9-10,13-16,22-23H,1-3,7-8,11-12,17-18H2,(H,27,32)(H,28,31)(H,29,30)/t23-/m0/s1. The molecule has 6 heteroatoms. The van der Waals surface area contributed by atoms with E-state index in [9.17, 15) is 14.4 Å². The van der Waals surface area contributed by atoms with E-state index >= 15 is 0 Å². The van der Waals surface area contributed by atoms with Gasteiger partial charge in [0.05, 0.1) is 0 Å². The van der Waals surface area contributed by atoms with Crippen molar-refractivity contribution in [2.24, 2.45) is 0 Å². The van der Waals surface area contributed by atoms with Gasteiger partial charge in [0.1, 0.15) is 6.04 Å². The van der Waals surface area contributed by atoms with Gasteiger partial charge < -0.3 is 15.7 Å². The maximum Gasteiger partial charge on any atom is 0.303 e. The summed E-state index contributed by atoms with van der Waals surface area (Å²) in [6.07, 6.45) is 7.45. The Morgan fingerprint density at radius 1 is 0.844 bits per heavy atom. The Bertz CT molecular complexity index is 888. The summed E-state index contributed by atoms with van der Waals surface area (Å²) in [7, 11) is 0. The lowest BCUT2D eigenvalue weighted by molar-refractivity contribution is -0.137. The van der Waals surface area contributed by atoms with E-state index in [-0.39, 0.29) is 30.7 Å². The van der Waals surface area contributed by atoms with Crippen molar-refractivity contribution in [3.8, 4) is 11.1 Å². The first-order valence-corrected chi connectivity index (χ1v) is 11.5. The molecule has 1 fully saturated rings. The molecule has 0 aliphatic heterocycles. The van der Waals surface area contributed by atoms with Crippen LogP contribution in [0.25, 0.3) is 11.1 Å². The molecule has 1 aliphatic rings. The van der Waals surface area contributed by atoms with Crippen molar-refractivity contribution in [1.29, 1.82) is 0 Å². The van der Waals surface area contributed by atoms with E-state index in [1.807, 2.05) is 42.5 Å². The molecule has 2 amide bonds. The summed E-state index contributed by atoms with van der Waals surface area (Å²) in [4.78, 5) is 36.8. The van der Waals surface area contributed by atoms with Crippen molar-refractivity contribution in [3.05, 3.63) is 60.2 Å². The average molecular weight is 437 g/mol. The summed E-state index contributed by atoms with van der Waals surface area (Å²) < 4.78 is 0. The van der Waals surface area contributed by atoms with Gasteiger partial charge in [-0.25, -0.2) is 0 Å². The van der Waals surface area contributed by atoms with E-state index in [1.54, 1.807) is 12.1 Å². The smallest absolute Gasteiger partial charge is 0.303 e. The second-order valence-electron chi connectivity index (χ2n) is 8.45. The Balaban J connectivity index is 1.64. The largest absolute Gasteiger partial charge is 0.481 e. The van der Waals surface area contributed by atoms with Crippen molar-refractivity contribution in [2.75, 3.05) is 0 Å². The van der Waals surface area contributed by atoms with Crippen LogP contribution in [-0.2, 0) is 9.59 Å². The normalized spacial score (nSPS) is 15.8. The third-order valence-electron chi connectivity index (χ3n) is 5.97. The highest BCUT2D eigenvalue weighted by atomic mass is 16.4. The molecular weight excluding hydrogens is 404 g/mol. The van der Waals surface area contributed by atoms with Gasteiger partial charge in [-0.2, -0.15) is 0 Å². The topological polar surface area (TPSA) is 95.5 Å². The van der Waals surface area contributed by atoms with Crippen molar-refractivity contribution in [3.63, 3.8) is 0 Å². The molecule has 1 saturated carbocycles. The van der Waals surface area contributed by atoms with E-state index in [0.29, 0.717) is 5.56 Å². The molecule has 0 bridgehead atoms. The van der Waals surface area contributed by atoms with Crippen LogP contribution in [0, 0.1) is 0 Å². The molecule has 0 radical (unpaired) electrons. The van der Waals surface area contributed by atoms with E-state index < -0.39 is 12.0 Å². The lowest BCUT2D eigenvalue weighted by Gasteiger charge is -2.24. The minimum absolute atomic E-state index is 0.0573. The summed E-state index contributed by atoms with van der Waals surface area (Å²) in [6, 6.07) is 16.2. The molecule has 0 unspecified atom stereocenters. The fraction of sp³-hybridized carbons (Fsp3) is 0.423. The zero-order valence-corrected chi connectivity index (χ0v) is 18.4. The van der Waals surface area contributed by atoms with Crippen molar-refractivity contribution < 1.29 is 19.5 Å². The number of carbonyl (C=O) groups is 3. The Kier molecular flexibility index (Phi) is 8.84. The predicted molar refractivity (Wildman–Crippen MR) is 124 cm³/mol. The van der Waals surface area contributed by atoms with Crippen LogP contribution >= 0.6 is 0 Å². The van der Waals surface area contributed by atoms with Crippen molar-refractivity contribution in [1.82, 2.24) is 10.6 Å². The van der Waals surface area contributed by atoms with E-state index in [2.05, 4.69) is 10.6 Å². The molecule has 0 heterocycles. The number of hydrogen-bond donors (Lipinski definition) is 3. The Morgan fingerprint density at radius 3 is 2.06 bits per heavy atom. The maximum absolute atomic E-state index is 12.9. The number of carboxylic acid groups (broad SMARTS) is 1. The first kappa shape index (κ1) is 23.5. The molecule has 1 atom stereocenters. The number of nitrogens with one attached hydrogen (secondary N) is 2. The van der Waals surface area contributed by atoms with Gasteiger partial charge in [-0.1, -0.05) is 74.6 Å². The fourth-order valence-corrected chi connectivity index (χ4v) is 4.13. The molecule has 2 aromatic carbocycles. The zero-order valence-electron chi connectivity index (χ0n) is 18.4. The number of amides is 2. The minimum atomic E-state index is -0.991. The van der Waals surface area contributed by atoms with Crippen LogP contribution in [0.4, 0.5) is 0 Å². The quantitative estimate of drug-likeness (QED) is 0.566. The fourth-order valence-electron chi connectivity index (χ4n) is 4.13. The Morgan fingerprint density at radius 2 is 1.44 bits per heavy atom. The van der Waals surface area contributed by atoms with Crippen LogP contribution in [0.5, 0.6) is 0 Å². The highest BCUT2D eigenvalue weighted by Gasteiger charge is 2.25. The summed E-state index contributed by atoms with van der Waals surface area (Å²) in [5, 5.41) is 14.9. The van der Waals surface area contributed by atoms with Crippen LogP contribution in [0.2, 0.25) is 0 Å². The molecule has 3 rings (SSSR count). The first-order chi connectivity index (χ1) is 15.5. The third-order valence-corrected chi connectivity index (χ3v) is 5.97. The van der Waals surface area contributed by atoms with E-state index in [0.717, 1.165) is 36.8 Å². The molecule has 2 aromatic rings. The molecule has 0 aromatic heterocycles. The van der Waals surface area contributed by atoms with Gasteiger partial charge in [0, 0.05) is 18.0 Å². The molecule has 1 aliphatic carbocycles.